The first-order valence-electron chi connectivity index (χ1n) is 7.13. The fraction of sp³-hybridized carbons (Fsp3) is 0. The maximum Gasteiger partial charge on any atom is 0.273 e. The van der Waals surface area contributed by atoms with E-state index in [1.165, 1.54) is 36.4 Å². The summed E-state index contributed by atoms with van der Waals surface area (Å²) in [5.41, 5.74) is 0.836. The van der Waals surface area contributed by atoms with E-state index >= 15 is 0 Å². The minimum atomic E-state index is -0.561. The third kappa shape index (κ3) is 4.27. The van der Waals surface area contributed by atoms with Crippen molar-refractivity contribution in [2.75, 3.05) is 0 Å². The van der Waals surface area contributed by atoms with E-state index in [1.54, 1.807) is 0 Å². The van der Waals surface area contributed by atoms with Gasteiger partial charge in [0.05, 0.1) is 36.4 Å². The molecule has 0 saturated carbocycles. The minimum Gasteiger partial charge on any atom is -0.258 e. The Morgan fingerprint density at radius 2 is 1.11 bits per heavy atom. The van der Waals surface area contributed by atoms with Gasteiger partial charge in [-0.1, -0.05) is 69.6 Å². The number of hydrogen-bond acceptors (Lipinski definition) is 3. The van der Waals surface area contributed by atoms with Crippen LogP contribution >= 0.6 is 69.6 Å². The van der Waals surface area contributed by atoms with Crippen LogP contribution in [0.3, 0.4) is 0 Å². The molecular weight excluding hydrogens is 477 g/mol. The zero-order chi connectivity index (χ0) is 19.9. The van der Waals surface area contributed by atoms with E-state index in [9.17, 15) is 10.1 Å². The number of rotatable bonds is 3. The quantitative estimate of drug-likeness (QED) is 0.214. The summed E-state index contributed by atoms with van der Waals surface area (Å²) in [6, 6.07) is 8.47. The van der Waals surface area contributed by atoms with Crippen LogP contribution in [0.1, 0.15) is 0 Å². The standard InChI is InChI=1S/C17H6Cl6N2O2/c18-7-1-10(16(22)12(20)3-7)14-5-9(25(26)27)6-15(24-14)11-2-8(19)4-13(21)17(11)23/h1-6H. The van der Waals surface area contributed by atoms with Crippen LogP contribution in [0.15, 0.2) is 36.4 Å². The van der Waals surface area contributed by atoms with Crippen molar-refractivity contribution >= 4 is 75.3 Å². The third-order valence-electron chi connectivity index (χ3n) is 3.56. The molecular formula is C17H6Cl6N2O2. The molecule has 0 saturated heterocycles. The number of nitro groups is 1. The van der Waals surface area contributed by atoms with Gasteiger partial charge >= 0.3 is 0 Å². The second kappa shape index (κ2) is 8.00. The van der Waals surface area contributed by atoms with E-state index in [1.807, 2.05) is 0 Å². The van der Waals surface area contributed by atoms with Crippen molar-refractivity contribution in [3.8, 4) is 22.5 Å². The minimum absolute atomic E-state index is 0.162. The Kier molecular flexibility index (Phi) is 6.06. The first-order chi connectivity index (χ1) is 12.7. The third-order valence-corrected chi connectivity index (χ3v) is 5.60. The van der Waals surface area contributed by atoms with Crippen LogP contribution in [-0.4, -0.2) is 9.91 Å². The molecule has 2 aromatic carbocycles. The first kappa shape index (κ1) is 20.5. The lowest BCUT2D eigenvalue weighted by Crippen LogP contribution is -1.96. The molecule has 0 radical (unpaired) electrons. The number of nitrogens with zero attached hydrogens (tertiary/aromatic N) is 2. The number of benzene rings is 2. The van der Waals surface area contributed by atoms with E-state index in [4.69, 9.17) is 69.6 Å². The van der Waals surface area contributed by atoms with Crippen LogP contribution in [0.2, 0.25) is 30.1 Å². The number of halogens is 6. The normalized spacial score (nSPS) is 10.9. The fourth-order valence-electron chi connectivity index (χ4n) is 2.38. The Morgan fingerprint density at radius 1 is 0.704 bits per heavy atom. The van der Waals surface area contributed by atoms with Gasteiger partial charge < -0.3 is 0 Å². The highest BCUT2D eigenvalue weighted by atomic mass is 35.5. The van der Waals surface area contributed by atoms with E-state index in [2.05, 4.69) is 4.98 Å². The van der Waals surface area contributed by atoms with Crippen molar-refractivity contribution in [2.45, 2.75) is 0 Å². The maximum absolute atomic E-state index is 11.4. The predicted octanol–water partition coefficient (Wildman–Crippen LogP) is 8.24. The van der Waals surface area contributed by atoms with Gasteiger partial charge in [0.15, 0.2) is 0 Å². The van der Waals surface area contributed by atoms with Crippen LogP contribution in [0.5, 0.6) is 0 Å². The number of aromatic nitrogens is 1. The monoisotopic (exact) mass is 480 g/mol. The van der Waals surface area contributed by atoms with Crippen molar-refractivity contribution in [2.24, 2.45) is 0 Å². The number of hydrogen-bond donors (Lipinski definition) is 0. The van der Waals surface area contributed by atoms with Gasteiger partial charge in [-0.05, 0) is 24.3 Å². The van der Waals surface area contributed by atoms with Crippen molar-refractivity contribution < 1.29 is 4.92 Å². The summed E-state index contributed by atoms with van der Waals surface area (Å²) in [7, 11) is 0. The molecule has 0 N–H and O–H groups in total. The molecule has 10 heteroatoms. The van der Waals surface area contributed by atoms with Gasteiger partial charge in [-0.3, -0.25) is 10.1 Å². The molecule has 27 heavy (non-hydrogen) atoms. The summed E-state index contributed by atoms with van der Waals surface area (Å²) in [5, 5.41) is 12.7. The van der Waals surface area contributed by atoms with Gasteiger partial charge in [0.2, 0.25) is 0 Å². The Labute approximate surface area is 183 Å². The highest BCUT2D eigenvalue weighted by Crippen LogP contribution is 2.40. The van der Waals surface area contributed by atoms with Crippen LogP contribution < -0.4 is 0 Å². The van der Waals surface area contributed by atoms with Crippen LogP contribution in [0, 0.1) is 10.1 Å². The fourth-order valence-corrected chi connectivity index (χ4v) is 3.78. The molecule has 0 amide bonds. The summed E-state index contributed by atoms with van der Waals surface area (Å²) in [4.78, 5) is 15.3. The van der Waals surface area contributed by atoms with Crippen molar-refractivity contribution in [3.05, 3.63) is 76.6 Å². The lowest BCUT2D eigenvalue weighted by molar-refractivity contribution is -0.384. The summed E-state index contributed by atoms with van der Waals surface area (Å²) in [6.07, 6.45) is 0. The van der Waals surface area contributed by atoms with E-state index in [-0.39, 0.29) is 37.2 Å². The molecule has 0 aliphatic heterocycles. The lowest BCUT2D eigenvalue weighted by Gasteiger charge is -2.11. The summed E-state index contributed by atoms with van der Waals surface area (Å²) < 4.78 is 0. The van der Waals surface area contributed by atoms with Gasteiger partial charge in [0.25, 0.3) is 5.69 Å². The maximum atomic E-state index is 11.4. The number of pyridine rings is 1. The zero-order valence-corrected chi connectivity index (χ0v) is 17.5. The predicted molar refractivity (Wildman–Crippen MR) is 112 cm³/mol. The van der Waals surface area contributed by atoms with Gasteiger partial charge in [-0.25, -0.2) is 4.98 Å². The SMILES string of the molecule is O=[N+]([O-])c1cc(-c2cc(Cl)cc(Cl)c2Cl)nc(-c2cc(Cl)cc(Cl)c2Cl)c1. The largest absolute Gasteiger partial charge is 0.273 e. The van der Waals surface area contributed by atoms with Gasteiger partial charge in [0, 0.05) is 33.3 Å². The molecule has 0 fully saturated rings. The molecule has 0 aliphatic carbocycles. The zero-order valence-electron chi connectivity index (χ0n) is 12.9. The topological polar surface area (TPSA) is 56.0 Å². The van der Waals surface area contributed by atoms with Crippen LogP contribution in [0.25, 0.3) is 22.5 Å². The molecule has 3 rings (SSSR count). The average molecular weight is 483 g/mol. The first-order valence-corrected chi connectivity index (χ1v) is 9.40. The molecule has 1 aromatic heterocycles. The van der Waals surface area contributed by atoms with E-state index in [0.29, 0.717) is 21.2 Å². The highest BCUT2D eigenvalue weighted by molar-refractivity contribution is 6.45. The summed E-state index contributed by atoms with van der Waals surface area (Å²) in [6.45, 7) is 0. The summed E-state index contributed by atoms with van der Waals surface area (Å²) >= 11 is 36.7. The second-order valence-corrected chi connectivity index (χ2v) is 7.79. The van der Waals surface area contributed by atoms with E-state index < -0.39 is 4.92 Å². The van der Waals surface area contributed by atoms with Crippen molar-refractivity contribution in [1.29, 1.82) is 0 Å². The average Bonchev–Trinajstić information content (AvgIpc) is 2.60. The molecule has 3 aromatic rings. The summed E-state index contributed by atoms with van der Waals surface area (Å²) in [5.74, 6) is 0. The molecule has 0 aliphatic rings. The smallest absolute Gasteiger partial charge is 0.258 e. The van der Waals surface area contributed by atoms with Gasteiger partial charge in [-0.2, -0.15) is 0 Å². The molecule has 0 bridgehead atoms. The van der Waals surface area contributed by atoms with Crippen LogP contribution in [-0.2, 0) is 0 Å². The molecule has 0 spiro atoms. The molecule has 138 valence electrons. The van der Waals surface area contributed by atoms with Crippen LogP contribution in [0.4, 0.5) is 5.69 Å². The Balaban J connectivity index is 2.32. The molecule has 0 unspecified atom stereocenters. The Hall–Kier alpha value is -1.27. The second-order valence-electron chi connectivity index (χ2n) is 5.35. The molecule has 1 heterocycles. The molecule has 0 atom stereocenters. The highest BCUT2D eigenvalue weighted by Gasteiger charge is 2.19. The lowest BCUT2D eigenvalue weighted by atomic mass is 10.1. The Bertz CT molecular complexity index is 1010. The van der Waals surface area contributed by atoms with Crippen molar-refractivity contribution in [3.63, 3.8) is 0 Å². The van der Waals surface area contributed by atoms with E-state index in [0.717, 1.165) is 0 Å². The van der Waals surface area contributed by atoms with Gasteiger partial charge in [-0.15, -0.1) is 0 Å². The van der Waals surface area contributed by atoms with Crippen molar-refractivity contribution in [1.82, 2.24) is 4.98 Å². The Morgan fingerprint density at radius 3 is 1.48 bits per heavy atom. The van der Waals surface area contributed by atoms with Gasteiger partial charge in [0.1, 0.15) is 0 Å². The molecule has 4 nitrogen and oxygen atoms in total.